The fourth-order valence-corrected chi connectivity index (χ4v) is 6.41. The van der Waals surface area contributed by atoms with E-state index in [0.717, 1.165) is 69.8 Å². The molecule has 2 saturated carbocycles. The summed E-state index contributed by atoms with van der Waals surface area (Å²) in [6, 6.07) is 5.37. The average molecular weight is 535 g/mol. The predicted molar refractivity (Wildman–Crippen MR) is 147 cm³/mol. The Morgan fingerprint density at radius 1 is 1.10 bits per heavy atom. The molecule has 2 heterocycles. The quantitative estimate of drug-likeness (QED) is 0.279. The van der Waals surface area contributed by atoms with Crippen molar-refractivity contribution in [1.82, 2.24) is 30.4 Å². The number of amides is 2. The molecule has 2 fully saturated rings. The highest BCUT2D eigenvalue weighted by molar-refractivity contribution is 6.50. The molecule has 0 unspecified atom stereocenters. The number of likely N-dealkylation sites (N-methyl/N-ethyl adjacent to an activating group) is 1. The maximum absolute atomic E-state index is 13.7. The van der Waals surface area contributed by atoms with Gasteiger partial charge in [0, 0.05) is 23.7 Å². The summed E-state index contributed by atoms with van der Waals surface area (Å²) in [5, 5.41) is 30.7. The summed E-state index contributed by atoms with van der Waals surface area (Å²) in [5.74, 6) is 0.0873. The van der Waals surface area contributed by atoms with Gasteiger partial charge in [0.25, 0.3) is 11.8 Å². The lowest BCUT2D eigenvalue weighted by molar-refractivity contribution is -0.142. The highest BCUT2D eigenvalue weighted by Crippen LogP contribution is 2.48. The monoisotopic (exact) mass is 534 g/mol. The number of tetrazole rings is 1. The Morgan fingerprint density at radius 2 is 1.82 bits per heavy atom. The number of benzene rings is 1. The number of aromatic amines is 1. The number of carbonyl (C=O) groups excluding carboxylic acids is 2. The van der Waals surface area contributed by atoms with E-state index < -0.39 is 5.41 Å². The molecule has 3 N–H and O–H groups in total. The summed E-state index contributed by atoms with van der Waals surface area (Å²) in [4.78, 5) is 30.6. The molecule has 11 nitrogen and oxygen atoms in total. The third kappa shape index (κ3) is 5.07. The summed E-state index contributed by atoms with van der Waals surface area (Å²) in [6.07, 6.45) is 9.48. The first-order chi connectivity index (χ1) is 18.8. The molecule has 2 aliphatic carbocycles. The molecule has 2 amide bonds. The Bertz CT molecular complexity index is 1270. The minimum atomic E-state index is -0.532. The van der Waals surface area contributed by atoms with Gasteiger partial charge in [0.1, 0.15) is 5.75 Å². The van der Waals surface area contributed by atoms with E-state index in [1.54, 1.807) is 13.0 Å². The van der Waals surface area contributed by atoms with Crippen LogP contribution in [-0.4, -0.2) is 79.7 Å². The summed E-state index contributed by atoms with van der Waals surface area (Å²) < 4.78 is 0. The lowest BCUT2D eigenvalue weighted by Crippen LogP contribution is -2.53. The van der Waals surface area contributed by atoms with Crippen LogP contribution in [0, 0.1) is 0 Å². The molecule has 2 aromatic rings. The van der Waals surface area contributed by atoms with E-state index in [9.17, 15) is 14.7 Å². The Hall–Kier alpha value is -3.60. The number of aromatic hydroxyl groups is 1. The lowest BCUT2D eigenvalue weighted by atomic mass is 9.68. The van der Waals surface area contributed by atoms with Crippen molar-refractivity contribution >= 4 is 23.2 Å². The first-order valence-corrected chi connectivity index (χ1v) is 14.0. The smallest absolute Gasteiger partial charge is 0.281 e. The molecule has 0 radical (unpaired) electrons. The van der Waals surface area contributed by atoms with E-state index in [1.165, 1.54) is 4.90 Å². The van der Waals surface area contributed by atoms with Gasteiger partial charge in [-0.15, -0.1) is 5.10 Å². The molecule has 0 saturated heterocycles. The van der Waals surface area contributed by atoms with Crippen LogP contribution in [0.25, 0.3) is 0 Å². The predicted octanol–water partition coefficient (Wildman–Crippen LogP) is 3.50. The molecule has 1 aromatic heterocycles. The number of phenols is 1. The van der Waals surface area contributed by atoms with Crippen LogP contribution in [-0.2, 0) is 15.0 Å². The second kappa shape index (κ2) is 11.3. The molecule has 5 rings (SSSR count). The molecule has 11 heteroatoms. The summed E-state index contributed by atoms with van der Waals surface area (Å²) in [5.41, 5.74) is 4.88. The molecule has 1 aliphatic heterocycles. The molecular formula is C28H38N8O3. The van der Waals surface area contributed by atoms with E-state index in [2.05, 4.69) is 31.2 Å². The Balaban J connectivity index is 1.51. The average Bonchev–Trinajstić information content (AvgIpc) is 3.49. The van der Waals surface area contributed by atoms with E-state index in [-0.39, 0.29) is 29.3 Å². The first kappa shape index (κ1) is 27.0. The van der Waals surface area contributed by atoms with Crippen LogP contribution in [0.4, 0.5) is 5.69 Å². The molecular weight excluding hydrogens is 496 g/mol. The Morgan fingerprint density at radius 3 is 2.49 bits per heavy atom. The number of aromatic nitrogens is 4. The first-order valence-electron chi connectivity index (χ1n) is 14.0. The van der Waals surface area contributed by atoms with E-state index in [4.69, 9.17) is 0 Å². The van der Waals surface area contributed by atoms with Crippen LogP contribution in [0.2, 0.25) is 0 Å². The molecule has 208 valence electrons. The van der Waals surface area contributed by atoms with Gasteiger partial charge in [-0.25, -0.2) is 5.10 Å². The van der Waals surface area contributed by atoms with Gasteiger partial charge in [-0.3, -0.25) is 19.9 Å². The van der Waals surface area contributed by atoms with Crippen LogP contribution >= 0.6 is 0 Å². The number of para-hydroxylation sites is 1. The number of carbonyl (C=O) groups is 2. The molecule has 39 heavy (non-hydrogen) atoms. The number of rotatable bonds is 7. The number of imide groups is 1. The van der Waals surface area contributed by atoms with Crippen molar-refractivity contribution in [3.63, 3.8) is 0 Å². The summed E-state index contributed by atoms with van der Waals surface area (Å²) in [6.45, 7) is 2.19. The number of phenolic OH excluding ortho intramolecular Hbond substituents is 1. The molecule has 0 atom stereocenters. The van der Waals surface area contributed by atoms with Crippen LogP contribution in [0.3, 0.4) is 0 Å². The Labute approximate surface area is 228 Å². The highest BCUT2D eigenvalue weighted by atomic mass is 16.3. The zero-order valence-corrected chi connectivity index (χ0v) is 23.0. The second-order valence-corrected chi connectivity index (χ2v) is 11.3. The van der Waals surface area contributed by atoms with Crippen LogP contribution in [0.15, 0.2) is 34.4 Å². The zero-order valence-electron chi connectivity index (χ0n) is 23.0. The standard InChI is InChI=1S/C28H38N8O3/c1-18-20(17-35(2)3)25(38)36(19-11-6-4-7-12-19)26(39)23(18)30-29-22-14-10-13-21(24(22)37)28(15-8-5-9-16-28)27-31-33-34-32-27/h10,13-14,19,29,37H,4-9,11-12,15-17H2,1-3H3,(H,31,32,33,34)/b30-23+. The number of hydrazone groups is 1. The largest absolute Gasteiger partial charge is 0.505 e. The lowest BCUT2D eigenvalue weighted by Gasteiger charge is -2.37. The normalized spacial score (nSPS) is 21.7. The molecule has 3 aliphatic rings. The number of hydrogen-bond donors (Lipinski definition) is 3. The van der Waals surface area contributed by atoms with E-state index >= 15 is 0 Å². The number of anilines is 1. The zero-order chi connectivity index (χ0) is 27.6. The number of hydrogen-bond acceptors (Lipinski definition) is 9. The maximum Gasteiger partial charge on any atom is 0.281 e. The van der Waals surface area contributed by atoms with Gasteiger partial charge in [-0.2, -0.15) is 5.10 Å². The number of nitrogens with zero attached hydrogens (tertiary/aromatic N) is 6. The van der Waals surface area contributed by atoms with Crippen molar-refractivity contribution in [1.29, 1.82) is 0 Å². The van der Waals surface area contributed by atoms with Gasteiger partial charge >= 0.3 is 0 Å². The summed E-state index contributed by atoms with van der Waals surface area (Å²) >= 11 is 0. The fourth-order valence-electron chi connectivity index (χ4n) is 6.41. The van der Waals surface area contributed by atoms with Gasteiger partial charge in [0.2, 0.25) is 0 Å². The van der Waals surface area contributed by atoms with Gasteiger partial charge < -0.3 is 10.0 Å². The van der Waals surface area contributed by atoms with Gasteiger partial charge in [0.15, 0.2) is 11.5 Å². The minimum absolute atomic E-state index is 0.0544. The van der Waals surface area contributed by atoms with Gasteiger partial charge in [-0.05, 0) is 68.8 Å². The van der Waals surface area contributed by atoms with Crippen molar-refractivity contribution in [3.8, 4) is 5.75 Å². The van der Waals surface area contributed by atoms with Crippen molar-refractivity contribution in [2.24, 2.45) is 5.10 Å². The third-order valence-electron chi connectivity index (χ3n) is 8.47. The van der Waals surface area contributed by atoms with Crippen molar-refractivity contribution < 1.29 is 14.7 Å². The van der Waals surface area contributed by atoms with Crippen LogP contribution in [0.1, 0.15) is 82.5 Å². The highest BCUT2D eigenvalue weighted by Gasteiger charge is 2.42. The van der Waals surface area contributed by atoms with Crippen molar-refractivity contribution in [3.05, 3.63) is 40.7 Å². The van der Waals surface area contributed by atoms with Crippen LogP contribution < -0.4 is 5.43 Å². The van der Waals surface area contributed by atoms with Gasteiger partial charge in [-0.1, -0.05) is 50.7 Å². The summed E-state index contributed by atoms with van der Waals surface area (Å²) in [7, 11) is 3.80. The molecule has 0 bridgehead atoms. The number of H-pyrrole nitrogens is 1. The van der Waals surface area contributed by atoms with Crippen molar-refractivity contribution in [2.75, 3.05) is 26.1 Å². The third-order valence-corrected chi connectivity index (χ3v) is 8.47. The van der Waals surface area contributed by atoms with E-state index in [1.807, 2.05) is 31.1 Å². The molecule has 1 aromatic carbocycles. The van der Waals surface area contributed by atoms with E-state index in [0.29, 0.717) is 29.2 Å². The molecule has 0 spiro atoms. The Kier molecular flexibility index (Phi) is 7.79. The minimum Gasteiger partial charge on any atom is -0.505 e. The van der Waals surface area contributed by atoms with Gasteiger partial charge in [0.05, 0.1) is 11.1 Å². The topological polar surface area (TPSA) is 140 Å². The number of nitrogens with one attached hydrogen (secondary N) is 2. The fraction of sp³-hybridized carbons (Fsp3) is 0.571. The second-order valence-electron chi connectivity index (χ2n) is 11.3. The SMILES string of the molecule is CC1=C(CN(C)C)C(=O)N(C2CCCCC2)C(=O)/C1=N/Nc1cccc(C2(c3nnn[nH]3)CCCCC2)c1O. The maximum atomic E-state index is 13.7. The van der Waals surface area contributed by atoms with Crippen molar-refractivity contribution in [2.45, 2.75) is 82.6 Å². The van der Waals surface area contributed by atoms with Crippen LogP contribution in [0.5, 0.6) is 5.75 Å².